The Labute approximate surface area is 181 Å². The second kappa shape index (κ2) is 9.26. The van der Waals surface area contributed by atoms with Gasteiger partial charge < -0.3 is 29.3 Å². The normalized spacial score (nSPS) is 15.6. The van der Waals surface area contributed by atoms with Gasteiger partial charge in [0.25, 0.3) is 5.91 Å². The molecule has 0 spiro atoms. The van der Waals surface area contributed by atoms with Crippen molar-refractivity contribution in [1.29, 1.82) is 0 Å². The van der Waals surface area contributed by atoms with Gasteiger partial charge in [-0.1, -0.05) is 12.1 Å². The number of carbonyl (C=O) groups is 2. The van der Waals surface area contributed by atoms with Crippen LogP contribution >= 0.6 is 0 Å². The van der Waals surface area contributed by atoms with Crippen molar-refractivity contribution >= 4 is 23.1 Å². The Bertz CT molecular complexity index is 970. The average Bonchev–Trinajstić information content (AvgIpc) is 3.22. The lowest BCUT2D eigenvalue weighted by atomic mass is 10.1. The molecule has 2 aromatic carbocycles. The first kappa shape index (κ1) is 21.0. The van der Waals surface area contributed by atoms with E-state index in [1.807, 2.05) is 25.1 Å². The minimum Gasteiger partial charge on any atom is -0.492 e. The largest absolute Gasteiger partial charge is 0.492 e. The molecule has 8 nitrogen and oxygen atoms in total. The molecular formula is C23H28N3O5+. The summed E-state index contributed by atoms with van der Waals surface area (Å²) in [6.45, 7) is 7.91. The van der Waals surface area contributed by atoms with Gasteiger partial charge in [0.2, 0.25) is 6.79 Å². The molecule has 31 heavy (non-hydrogen) atoms. The number of ether oxygens (including phenoxy) is 3. The van der Waals surface area contributed by atoms with Crippen LogP contribution in [0.2, 0.25) is 0 Å². The number of rotatable bonds is 7. The zero-order valence-electron chi connectivity index (χ0n) is 17.9. The lowest BCUT2D eigenvalue weighted by molar-refractivity contribution is -0.892. The maximum Gasteiger partial charge on any atom is 0.279 e. The minimum atomic E-state index is -0.137. The average molecular weight is 426 g/mol. The molecule has 0 aromatic heterocycles. The number of nitrogens with zero attached hydrogens (tertiary/aromatic N) is 1. The number of hydrogen-bond donors (Lipinski definition) is 2. The zero-order chi connectivity index (χ0) is 21.8. The van der Waals surface area contributed by atoms with E-state index in [1.54, 1.807) is 12.1 Å². The molecule has 2 aliphatic heterocycles. The second-order valence-corrected chi connectivity index (χ2v) is 7.67. The third-order valence-corrected chi connectivity index (χ3v) is 5.55. The van der Waals surface area contributed by atoms with Crippen LogP contribution in [-0.2, 0) is 4.79 Å². The fourth-order valence-electron chi connectivity index (χ4n) is 3.99. The summed E-state index contributed by atoms with van der Waals surface area (Å²) >= 11 is 0. The van der Waals surface area contributed by atoms with Crippen molar-refractivity contribution < 1.29 is 28.7 Å². The van der Waals surface area contributed by atoms with E-state index in [4.69, 9.17) is 14.2 Å². The summed E-state index contributed by atoms with van der Waals surface area (Å²) in [5, 5.41) is 2.89. The van der Waals surface area contributed by atoms with Crippen LogP contribution in [0.15, 0.2) is 36.4 Å². The van der Waals surface area contributed by atoms with Crippen LogP contribution in [0.25, 0.3) is 0 Å². The summed E-state index contributed by atoms with van der Waals surface area (Å²) < 4.78 is 16.5. The van der Waals surface area contributed by atoms with Gasteiger partial charge in [-0.3, -0.25) is 9.59 Å². The number of nitrogens with one attached hydrogen (secondary N) is 2. The number of ketones is 1. The third-order valence-electron chi connectivity index (χ3n) is 5.55. The van der Waals surface area contributed by atoms with Gasteiger partial charge in [-0.05, 0) is 32.0 Å². The predicted molar refractivity (Wildman–Crippen MR) is 117 cm³/mol. The number of anilines is 2. The number of quaternary nitrogens is 1. The number of para-hydroxylation sites is 2. The molecule has 1 fully saturated rings. The molecule has 0 atom stereocenters. The van der Waals surface area contributed by atoms with Gasteiger partial charge in [0.15, 0.2) is 23.8 Å². The van der Waals surface area contributed by atoms with E-state index in [0.717, 1.165) is 37.6 Å². The van der Waals surface area contributed by atoms with E-state index in [-0.39, 0.29) is 18.5 Å². The van der Waals surface area contributed by atoms with Crippen molar-refractivity contribution in [3.8, 4) is 17.2 Å². The molecule has 2 aliphatic rings. The molecule has 0 unspecified atom stereocenters. The molecule has 1 saturated heterocycles. The highest BCUT2D eigenvalue weighted by molar-refractivity contribution is 6.04. The van der Waals surface area contributed by atoms with Crippen LogP contribution in [0.3, 0.4) is 0 Å². The maximum absolute atomic E-state index is 12.7. The lowest BCUT2D eigenvalue weighted by Gasteiger charge is -2.34. The number of benzene rings is 2. The van der Waals surface area contributed by atoms with Gasteiger partial charge in [-0.2, -0.15) is 0 Å². The van der Waals surface area contributed by atoms with Crippen molar-refractivity contribution in [3.63, 3.8) is 0 Å². The fraction of sp³-hybridized carbons (Fsp3) is 0.391. The van der Waals surface area contributed by atoms with Gasteiger partial charge in [0, 0.05) is 11.6 Å². The van der Waals surface area contributed by atoms with E-state index in [0.29, 0.717) is 35.9 Å². The molecule has 0 aliphatic carbocycles. The Morgan fingerprint density at radius 2 is 1.84 bits per heavy atom. The van der Waals surface area contributed by atoms with Gasteiger partial charge in [0.05, 0.1) is 44.2 Å². The molecule has 2 N–H and O–H groups in total. The van der Waals surface area contributed by atoms with Crippen LogP contribution in [0.1, 0.15) is 24.2 Å². The van der Waals surface area contributed by atoms with Crippen LogP contribution in [0, 0.1) is 0 Å². The molecule has 8 heteroatoms. The quantitative estimate of drug-likeness (QED) is 0.651. The zero-order valence-corrected chi connectivity index (χ0v) is 17.9. The van der Waals surface area contributed by atoms with Crippen LogP contribution < -0.4 is 29.3 Å². The highest BCUT2D eigenvalue weighted by Gasteiger charge is 2.25. The number of amides is 1. The van der Waals surface area contributed by atoms with Gasteiger partial charge >= 0.3 is 0 Å². The molecular weight excluding hydrogens is 398 g/mol. The first-order valence-corrected chi connectivity index (χ1v) is 10.6. The van der Waals surface area contributed by atoms with Crippen molar-refractivity contribution in [1.82, 2.24) is 0 Å². The number of carbonyl (C=O) groups excluding carboxylic acids is 2. The van der Waals surface area contributed by atoms with E-state index >= 15 is 0 Å². The van der Waals surface area contributed by atoms with Gasteiger partial charge in [-0.15, -0.1) is 0 Å². The number of hydrogen-bond acceptors (Lipinski definition) is 6. The molecule has 0 bridgehead atoms. The van der Waals surface area contributed by atoms with Gasteiger partial charge in [0.1, 0.15) is 5.75 Å². The van der Waals surface area contributed by atoms with Crippen LogP contribution in [0.4, 0.5) is 11.4 Å². The first-order valence-electron chi connectivity index (χ1n) is 10.6. The van der Waals surface area contributed by atoms with E-state index in [9.17, 15) is 9.59 Å². The Hall–Kier alpha value is -3.26. The van der Waals surface area contributed by atoms with E-state index < -0.39 is 0 Å². The molecule has 2 aromatic rings. The minimum absolute atomic E-state index is 0.116. The smallest absolute Gasteiger partial charge is 0.279 e. The maximum atomic E-state index is 12.7. The Kier molecular flexibility index (Phi) is 6.27. The Morgan fingerprint density at radius 1 is 1.13 bits per heavy atom. The van der Waals surface area contributed by atoms with Crippen molar-refractivity contribution in [3.05, 3.63) is 42.0 Å². The number of piperazine rings is 1. The highest BCUT2D eigenvalue weighted by Crippen LogP contribution is 2.37. The van der Waals surface area contributed by atoms with Crippen molar-refractivity contribution in [2.45, 2.75) is 13.8 Å². The Morgan fingerprint density at radius 3 is 2.55 bits per heavy atom. The molecule has 164 valence electrons. The van der Waals surface area contributed by atoms with Crippen molar-refractivity contribution in [2.24, 2.45) is 0 Å². The third kappa shape index (κ3) is 4.74. The van der Waals surface area contributed by atoms with E-state index in [2.05, 4.69) is 16.3 Å². The topological polar surface area (TPSA) is 81.5 Å². The monoisotopic (exact) mass is 426 g/mol. The summed E-state index contributed by atoms with van der Waals surface area (Å²) in [6, 6.07) is 11.3. The van der Waals surface area contributed by atoms with Crippen LogP contribution in [0.5, 0.6) is 17.2 Å². The van der Waals surface area contributed by atoms with Gasteiger partial charge in [-0.25, -0.2) is 0 Å². The van der Waals surface area contributed by atoms with Crippen LogP contribution in [-0.4, -0.2) is 57.8 Å². The number of fused-ring (bicyclic) bond motifs is 1. The summed E-state index contributed by atoms with van der Waals surface area (Å²) in [5.41, 5.74) is 1.98. The molecule has 1 amide bonds. The SMILES string of the molecule is CCOc1ccccc1N1CC[NH+](CC(=O)Nc2cc3c(cc2C(C)=O)OCO3)CC1. The van der Waals surface area contributed by atoms with Crippen molar-refractivity contribution in [2.75, 3.05) is 56.3 Å². The fourth-order valence-corrected chi connectivity index (χ4v) is 3.99. The van der Waals surface area contributed by atoms with E-state index in [1.165, 1.54) is 11.8 Å². The summed E-state index contributed by atoms with van der Waals surface area (Å²) in [6.07, 6.45) is 0. The summed E-state index contributed by atoms with van der Waals surface area (Å²) in [5.74, 6) is 1.69. The lowest BCUT2D eigenvalue weighted by Crippen LogP contribution is -3.15. The molecule has 0 saturated carbocycles. The summed E-state index contributed by atoms with van der Waals surface area (Å²) in [4.78, 5) is 28.2. The predicted octanol–water partition coefficient (Wildman–Crippen LogP) is 1.36. The molecule has 0 radical (unpaired) electrons. The first-order chi connectivity index (χ1) is 15.0. The Balaban J connectivity index is 1.36. The molecule has 2 heterocycles. The highest BCUT2D eigenvalue weighted by atomic mass is 16.7. The summed E-state index contributed by atoms with van der Waals surface area (Å²) in [7, 11) is 0. The standard InChI is InChI=1S/C23H27N3O5/c1-3-29-20-7-5-4-6-19(20)26-10-8-25(9-11-26)14-23(28)24-18-13-22-21(30-15-31-22)12-17(18)16(2)27/h4-7,12-13H,3,8-11,14-15H2,1-2H3,(H,24,28)/p+1. The second-order valence-electron chi connectivity index (χ2n) is 7.67. The molecule has 4 rings (SSSR count). The number of Topliss-reactive ketones (excluding diaryl/α,β-unsaturated/α-hetero) is 1.